The minimum absolute atomic E-state index is 0.694. The Kier molecular flexibility index (Phi) is 8.46. The van der Waals surface area contributed by atoms with Crippen LogP contribution in [0, 0.1) is 13.8 Å². The van der Waals surface area contributed by atoms with Gasteiger partial charge in [-0.2, -0.15) is 0 Å². The first kappa shape index (κ1) is 26.5. The maximum absolute atomic E-state index is 6.38. The quantitative estimate of drug-likeness (QED) is 0.138. The van der Waals surface area contributed by atoms with Crippen molar-refractivity contribution in [2.75, 3.05) is 13.2 Å². The van der Waals surface area contributed by atoms with Gasteiger partial charge in [-0.3, -0.25) is 0 Å². The summed E-state index contributed by atoms with van der Waals surface area (Å²) in [5.74, 6) is 1.58. The molecule has 0 amide bonds. The third-order valence-electron chi connectivity index (χ3n) is 7.75. The van der Waals surface area contributed by atoms with E-state index in [0.29, 0.717) is 13.2 Å². The van der Waals surface area contributed by atoms with Crippen LogP contribution in [0.1, 0.15) is 89.2 Å². The molecule has 2 aromatic heterocycles. The van der Waals surface area contributed by atoms with Crippen molar-refractivity contribution < 1.29 is 18.3 Å². The van der Waals surface area contributed by atoms with E-state index in [0.717, 1.165) is 68.2 Å². The van der Waals surface area contributed by atoms with Crippen LogP contribution in [0.4, 0.5) is 0 Å². The first-order valence-corrected chi connectivity index (χ1v) is 14.7. The van der Waals surface area contributed by atoms with E-state index in [4.69, 9.17) is 18.3 Å². The number of hydrogen-bond donors (Lipinski definition) is 0. The zero-order valence-electron chi connectivity index (χ0n) is 23.6. The van der Waals surface area contributed by atoms with Crippen LogP contribution in [0.3, 0.4) is 0 Å². The molecule has 5 aromatic rings. The number of rotatable bonds is 14. The fraction of sp³-hybridized carbons (Fsp3) is 0.471. The monoisotopic (exact) mass is 514 g/mol. The maximum atomic E-state index is 6.38. The van der Waals surface area contributed by atoms with Crippen molar-refractivity contribution >= 4 is 43.9 Å². The van der Waals surface area contributed by atoms with Gasteiger partial charge < -0.3 is 18.3 Å². The molecule has 0 atom stereocenters. The van der Waals surface area contributed by atoms with Gasteiger partial charge in [-0.05, 0) is 68.1 Å². The molecular formula is C34H42O4. The number of unbranched alkanes of at least 4 members (excludes halogenated alkanes) is 8. The normalized spacial score (nSPS) is 11.9. The molecule has 3 aromatic carbocycles. The summed E-state index contributed by atoms with van der Waals surface area (Å²) in [5.41, 5.74) is 5.97. The zero-order chi connectivity index (χ0) is 26.5. The van der Waals surface area contributed by atoms with Crippen LogP contribution in [0.5, 0.6) is 11.5 Å². The molecule has 0 saturated heterocycles. The summed E-state index contributed by atoms with van der Waals surface area (Å²) in [4.78, 5) is 0. The van der Waals surface area contributed by atoms with Crippen LogP contribution in [-0.2, 0) is 0 Å². The topological polar surface area (TPSA) is 44.7 Å². The molecule has 0 spiro atoms. The van der Waals surface area contributed by atoms with E-state index in [-0.39, 0.29) is 0 Å². The predicted octanol–water partition coefficient (Wildman–Crippen LogP) is 10.8. The molecule has 0 saturated carbocycles. The average Bonchev–Trinajstić information content (AvgIpc) is 3.43. The van der Waals surface area contributed by atoms with Crippen LogP contribution in [0.15, 0.2) is 45.2 Å². The zero-order valence-corrected chi connectivity index (χ0v) is 23.6. The molecule has 0 aliphatic heterocycles. The third-order valence-corrected chi connectivity index (χ3v) is 7.75. The van der Waals surface area contributed by atoms with Gasteiger partial charge in [-0.25, -0.2) is 0 Å². The molecule has 202 valence electrons. The van der Waals surface area contributed by atoms with Gasteiger partial charge in [0.15, 0.2) is 11.5 Å². The molecule has 4 nitrogen and oxygen atoms in total. The van der Waals surface area contributed by atoms with Crippen molar-refractivity contribution in [3.63, 3.8) is 0 Å². The number of ether oxygens (including phenoxy) is 2. The Balaban J connectivity index is 1.46. The smallest absolute Gasteiger partial charge is 0.164 e. The van der Waals surface area contributed by atoms with Crippen molar-refractivity contribution in [3.8, 4) is 11.5 Å². The Hall–Kier alpha value is -3.14. The summed E-state index contributed by atoms with van der Waals surface area (Å²) in [5, 5.41) is 4.29. The summed E-state index contributed by atoms with van der Waals surface area (Å²) in [6.07, 6.45) is 12.1. The lowest BCUT2D eigenvalue weighted by atomic mass is 10.0. The van der Waals surface area contributed by atoms with Gasteiger partial charge >= 0.3 is 0 Å². The van der Waals surface area contributed by atoms with Gasteiger partial charge in [-0.15, -0.1) is 0 Å². The highest BCUT2D eigenvalue weighted by molar-refractivity contribution is 6.15. The Morgan fingerprint density at radius 3 is 1.47 bits per heavy atom. The largest absolute Gasteiger partial charge is 0.490 e. The van der Waals surface area contributed by atoms with Gasteiger partial charge in [0, 0.05) is 27.6 Å². The van der Waals surface area contributed by atoms with E-state index in [9.17, 15) is 0 Å². The summed E-state index contributed by atoms with van der Waals surface area (Å²) in [6, 6.07) is 12.7. The Labute approximate surface area is 226 Å². The maximum Gasteiger partial charge on any atom is 0.164 e. The SMILES string of the molecule is CCCCCCCOc1cc2oc3cc4c(cc3c2cc1OCCCCCCC)oc1cc(C)c(C)cc14. The van der Waals surface area contributed by atoms with Gasteiger partial charge in [0.25, 0.3) is 0 Å². The van der Waals surface area contributed by atoms with Gasteiger partial charge in [-0.1, -0.05) is 65.2 Å². The summed E-state index contributed by atoms with van der Waals surface area (Å²) in [6.45, 7) is 10.1. The lowest BCUT2D eigenvalue weighted by Crippen LogP contribution is -2.02. The summed E-state index contributed by atoms with van der Waals surface area (Å²) in [7, 11) is 0. The average molecular weight is 515 g/mol. The second-order valence-corrected chi connectivity index (χ2v) is 10.8. The molecule has 0 aliphatic carbocycles. The summed E-state index contributed by atoms with van der Waals surface area (Å²) < 4.78 is 25.2. The number of fused-ring (bicyclic) bond motifs is 6. The Bertz CT molecular complexity index is 1520. The van der Waals surface area contributed by atoms with E-state index in [1.165, 1.54) is 62.5 Å². The van der Waals surface area contributed by atoms with E-state index < -0.39 is 0 Å². The minimum atomic E-state index is 0.694. The first-order chi connectivity index (χ1) is 18.6. The second-order valence-electron chi connectivity index (χ2n) is 10.8. The van der Waals surface area contributed by atoms with Gasteiger partial charge in [0.05, 0.1) is 13.2 Å². The Morgan fingerprint density at radius 1 is 0.474 bits per heavy atom. The van der Waals surface area contributed by atoms with Crippen molar-refractivity contribution in [2.45, 2.75) is 91.9 Å². The highest BCUT2D eigenvalue weighted by Gasteiger charge is 2.17. The van der Waals surface area contributed by atoms with Crippen molar-refractivity contribution in [3.05, 3.63) is 47.5 Å². The number of aryl methyl sites for hydroxylation is 2. The number of hydrogen-bond acceptors (Lipinski definition) is 4. The molecule has 0 bridgehead atoms. The van der Waals surface area contributed by atoms with Crippen LogP contribution in [0.25, 0.3) is 43.9 Å². The molecule has 2 heterocycles. The van der Waals surface area contributed by atoms with E-state index in [2.05, 4.69) is 58.0 Å². The molecule has 38 heavy (non-hydrogen) atoms. The van der Waals surface area contributed by atoms with Crippen LogP contribution in [-0.4, -0.2) is 13.2 Å². The number of benzene rings is 3. The van der Waals surface area contributed by atoms with E-state index in [1.807, 2.05) is 6.07 Å². The van der Waals surface area contributed by atoms with Gasteiger partial charge in [0.2, 0.25) is 0 Å². The first-order valence-electron chi connectivity index (χ1n) is 14.7. The van der Waals surface area contributed by atoms with Crippen molar-refractivity contribution in [1.29, 1.82) is 0 Å². The van der Waals surface area contributed by atoms with Crippen molar-refractivity contribution in [2.24, 2.45) is 0 Å². The van der Waals surface area contributed by atoms with E-state index >= 15 is 0 Å². The van der Waals surface area contributed by atoms with Crippen LogP contribution >= 0.6 is 0 Å². The Morgan fingerprint density at radius 2 is 0.895 bits per heavy atom. The second kappa shape index (κ2) is 12.1. The molecule has 0 aliphatic rings. The highest BCUT2D eigenvalue weighted by atomic mass is 16.5. The fourth-order valence-corrected chi connectivity index (χ4v) is 5.31. The molecule has 0 radical (unpaired) electrons. The van der Waals surface area contributed by atoms with Gasteiger partial charge in [0.1, 0.15) is 22.3 Å². The molecule has 5 rings (SSSR count). The summed E-state index contributed by atoms with van der Waals surface area (Å²) >= 11 is 0. The standard InChI is InChI=1S/C34H42O4/c1-5-7-9-11-13-15-35-33-21-28-27-20-30-26(25-17-23(3)24(4)18-29(25)37-30)19-31(27)38-32(28)22-34(33)36-16-14-12-10-8-6-2/h17-22H,5-16H2,1-4H3. The minimum Gasteiger partial charge on any atom is -0.490 e. The molecule has 0 fully saturated rings. The third kappa shape index (κ3) is 5.65. The lowest BCUT2D eigenvalue weighted by molar-refractivity contribution is 0.259. The van der Waals surface area contributed by atoms with Crippen molar-refractivity contribution in [1.82, 2.24) is 0 Å². The lowest BCUT2D eigenvalue weighted by Gasteiger charge is -2.13. The molecule has 4 heteroatoms. The molecular weight excluding hydrogens is 472 g/mol. The predicted molar refractivity (Wildman–Crippen MR) is 159 cm³/mol. The number of furan rings is 2. The van der Waals surface area contributed by atoms with Crippen LogP contribution in [0.2, 0.25) is 0 Å². The molecule has 0 unspecified atom stereocenters. The van der Waals surface area contributed by atoms with Crippen LogP contribution < -0.4 is 9.47 Å². The highest BCUT2D eigenvalue weighted by Crippen LogP contribution is 2.41. The van der Waals surface area contributed by atoms with E-state index in [1.54, 1.807) is 0 Å². The molecule has 0 N–H and O–H groups in total. The fourth-order valence-electron chi connectivity index (χ4n) is 5.31.